The summed E-state index contributed by atoms with van der Waals surface area (Å²) < 4.78 is 0. The van der Waals surface area contributed by atoms with Gasteiger partial charge in [-0.2, -0.15) is 0 Å². The van der Waals surface area contributed by atoms with Gasteiger partial charge in [-0.15, -0.1) is 0 Å². The molecular weight excluding hydrogens is 120 g/mol. The first-order chi connectivity index (χ1) is 4.61. The molecule has 0 nitrogen and oxygen atoms in total. The average Bonchev–Trinajstić information content (AvgIpc) is 1.84. The van der Waals surface area contributed by atoms with Crippen LogP contribution in [0.2, 0.25) is 0 Å². The van der Waals surface area contributed by atoms with Crippen molar-refractivity contribution in [2.75, 3.05) is 0 Å². The highest BCUT2D eigenvalue weighted by Crippen LogP contribution is 2.36. The zero-order valence-electron chi connectivity index (χ0n) is 7.72. The highest BCUT2D eigenvalue weighted by atomic mass is 14.3. The first kappa shape index (κ1) is 8.10. The highest BCUT2D eigenvalue weighted by Gasteiger charge is 2.26. The van der Waals surface area contributed by atoms with Crippen molar-refractivity contribution >= 4 is 0 Å². The molecule has 1 aliphatic rings. The van der Waals surface area contributed by atoms with Crippen molar-refractivity contribution in [1.82, 2.24) is 0 Å². The normalized spacial score (nSPS) is 49.2. The van der Waals surface area contributed by atoms with Crippen LogP contribution in [0.5, 0.6) is 0 Å². The lowest BCUT2D eigenvalue weighted by molar-refractivity contribution is 0.157. The van der Waals surface area contributed by atoms with Gasteiger partial charge in [-0.1, -0.05) is 27.7 Å². The van der Waals surface area contributed by atoms with Gasteiger partial charge >= 0.3 is 0 Å². The minimum atomic E-state index is 0.964. The van der Waals surface area contributed by atoms with E-state index in [9.17, 15) is 0 Å². The van der Waals surface area contributed by atoms with Crippen LogP contribution in [0, 0.1) is 23.7 Å². The van der Waals surface area contributed by atoms with Crippen molar-refractivity contribution in [3.63, 3.8) is 0 Å². The van der Waals surface area contributed by atoms with Crippen LogP contribution in [0.1, 0.15) is 40.5 Å². The van der Waals surface area contributed by atoms with Gasteiger partial charge in [0.15, 0.2) is 0 Å². The maximum atomic E-state index is 2.40. The van der Waals surface area contributed by atoms with E-state index in [1.54, 1.807) is 0 Å². The van der Waals surface area contributed by atoms with Gasteiger partial charge in [0.05, 0.1) is 0 Å². The summed E-state index contributed by atoms with van der Waals surface area (Å²) in [5.41, 5.74) is 0. The van der Waals surface area contributed by atoms with E-state index >= 15 is 0 Å². The molecule has 1 fully saturated rings. The first-order valence-corrected chi connectivity index (χ1v) is 4.61. The Morgan fingerprint density at radius 1 is 0.600 bits per heavy atom. The second-order valence-electron chi connectivity index (χ2n) is 4.38. The van der Waals surface area contributed by atoms with Crippen molar-refractivity contribution in [3.05, 3.63) is 0 Å². The molecule has 0 aromatic heterocycles. The summed E-state index contributed by atoms with van der Waals surface area (Å²) in [5.74, 6) is 3.86. The van der Waals surface area contributed by atoms with Crippen molar-refractivity contribution in [3.8, 4) is 0 Å². The van der Waals surface area contributed by atoms with E-state index in [1.165, 1.54) is 12.8 Å². The second-order valence-corrected chi connectivity index (χ2v) is 4.38. The molecule has 0 N–H and O–H groups in total. The summed E-state index contributed by atoms with van der Waals surface area (Å²) in [6, 6.07) is 0. The Morgan fingerprint density at radius 2 is 0.800 bits per heavy atom. The molecule has 0 aliphatic heterocycles. The standard InChI is InChI=1S/C10H20/c1-7-5-9(3)10(4)6-8(7)2/h7-10H,5-6H2,1-4H3/t7-,8+,9-,10+. The fraction of sp³-hybridized carbons (Fsp3) is 1.00. The fourth-order valence-corrected chi connectivity index (χ4v) is 2.10. The third-order valence-electron chi connectivity index (χ3n) is 3.43. The van der Waals surface area contributed by atoms with Gasteiger partial charge in [0, 0.05) is 0 Å². The summed E-state index contributed by atoms with van der Waals surface area (Å²) in [6.07, 6.45) is 2.89. The maximum absolute atomic E-state index is 2.40. The largest absolute Gasteiger partial charge is 0.0622 e. The summed E-state index contributed by atoms with van der Waals surface area (Å²) in [7, 11) is 0. The molecule has 1 aliphatic carbocycles. The van der Waals surface area contributed by atoms with Gasteiger partial charge in [0.2, 0.25) is 0 Å². The molecule has 0 spiro atoms. The predicted molar refractivity (Wildman–Crippen MR) is 45.9 cm³/mol. The van der Waals surface area contributed by atoms with Crippen LogP contribution in [-0.4, -0.2) is 0 Å². The van der Waals surface area contributed by atoms with E-state index in [1.807, 2.05) is 0 Å². The minimum absolute atomic E-state index is 0.964. The molecule has 0 heteroatoms. The molecule has 60 valence electrons. The number of hydrogen-bond acceptors (Lipinski definition) is 0. The molecule has 0 amide bonds. The van der Waals surface area contributed by atoms with E-state index in [-0.39, 0.29) is 0 Å². The van der Waals surface area contributed by atoms with Gasteiger partial charge in [-0.3, -0.25) is 0 Å². The number of hydrogen-bond donors (Lipinski definition) is 0. The lowest BCUT2D eigenvalue weighted by atomic mass is 9.71. The summed E-state index contributed by atoms with van der Waals surface area (Å²) >= 11 is 0. The van der Waals surface area contributed by atoms with Gasteiger partial charge < -0.3 is 0 Å². The van der Waals surface area contributed by atoms with Crippen molar-refractivity contribution in [2.45, 2.75) is 40.5 Å². The summed E-state index contributed by atoms with van der Waals surface area (Å²) in [4.78, 5) is 0. The molecular formula is C10H20. The van der Waals surface area contributed by atoms with Crippen LogP contribution in [0.15, 0.2) is 0 Å². The smallest absolute Gasteiger partial charge is 0.0414 e. The van der Waals surface area contributed by atoms with Gasteiger partial charge in [0.25, 0.3) is 0 Å². The van der Waals surface area contributed by atoms with Crippen LogP contribution in [0.3, 0.4) is 0 Å². The quantitative estimate of drug-likeness (QED) is 0.484. The van der Waals surface area contributed by atoms with Gasteiger partial charge in [-0.25, -0.2) is 0 Å². The lowest BCUT2D eigenvalue weighted by Crippen LogP contribution is -2.25. The fourth-order valence-electron chi connectivity index (χ4n) is 2.10. The molecule has 0 unspecified atom stereocenters. The lowest BCUT2D eigenvalue weighted by Gasteiger charge is -2.35. The van der Waals surface area contributed by atoms with E-state index < -0.39 is 0 Å². The number of rotatable bonds is 0. The molecule has 1 saturated carbocycles. The average molecular weight is 140 g/mol. The van der Waals surface area contributed by atoms with E-state index in [0.29, 0.717) is 0 Å². The second kappa shape index (κ2) is 2.94. The van der Waals surface area contributed by atoms with E-state index in [2.05, 4.69) is 27.7 Å². The molecule has 0 bridgehead atoms. The maximum Gasteiger partial charge on any atom is -0.0414 e. The minimum Gasteiger partial charge on any atom is -0.0622 e. The van der Waals surface area contributed by atoms with Crippen molar-refractivity contribution in [1.29, 1.82) is 0 Å². The van der Waals surface area contributed by atoms with Gasteiger partial charge in [0.1, 0.15) is 0 Å². The van der Waals surface area contributed by atoms with Crippen LogP contribution in [-0.2, 0) is 0 Å². The SMILES string of the molecule is C[C@@H]1C[C@@H](C)[C@@H](C)C[C@@H]1C. The Kier molecular flexibility index (Phi) is 2.38. The first-order valence-electron chi connectivity index (χ1n) is 4.61. The zero-order chi connectivity index (χ0) is 7.72. The molecule has 10 heavy (non-hydrogen) atoms. The van der Waals surface area contributed by atoms with E-state index in [4.69, 9.17) is 0 Å². The molecule has 1 rings (SSSR count). The third-order valence-corrected chi connectivity index (χ3v) is 3.43. The Morgan fingerprint density at radius 3 is 1.00 bits per heavy atom. The highest BCUT2D eigenvalue weighted by molar-refractivity contribution is 4.77. The Bertz CT molecular complexity index is 80.6. The summed E-state index contributed by atoms with van der Waals surface area (Å²) in [5, 5.41) is 0. The predicted octanol–water partition coefficient (Wildman–Crippen LogP) is 3.32. The zero-order valence-corrected chi connectivity index (χ0v) is 7.72. The van der Waals surface area contributed by atoms with Crippen LogP contribution >= 0.6 is 0 Å². The topological polar surface area (TPSA) is 0 Å². The molecule has 0 saturated heterocycles. The van der Waals surface area contributed by atoms with Crippen LogP contribution in [0.4, 0.5) is 0 Å². The molecule has 0 heterocycles. The Hall–Kier alpha value is 0. The monoisotopic (exact) mass is 140 g/mol. The Balaban J connectivity index is 2.46. The van der Waals surface area contributed by atoms with E-state index in [0.717, 1.165) is 23.7 Å². The Labute approximate surface area is 65.0 Å². The van der Waals surface area contributed by atoms with Crippen LogP contribution < -0.4 is 0 Å². The molecule has 0 aromatic rings. The van der Waals surface area contributed by atoms with Crippen molar-refractivity contribution < 1.29 is 0 Å². The molecule has 0 radical (unpaired) electrons. The summed E-state index contributed by atoms with van der Waals surface area (Å²) in [6.45, 7) is 9.58. The van der Waals surface area contributed by atoms with Crippen LogP contribution in [0.25, 0.3) is 0 Å². The molecule has 0 aromatic carbocycles. The third kappa shape index (κ3) is 1.53. The molecule has 4 atom stereocenters. The van der Waals surface area contributed by atoms with Crippen molar-refractivity contribution in [2.24, 2.45) is 23.7 Å². The van der Waals surface area contributed by atoms with Gasteiger partial charge in [-0.05, 0) is 36.5 Å².